The minimum absolute atomic E-state index is 1.10. The van der Waals surface area contributed by atoms with Crippen molar-refractivity contribution in [2.45, 2.75) is 0 Å². The van der Waals surface area contributed by atoms with Crippen LogP contribution in [-0.2, 0) is 0 Å². The van der Waals surface area contributed by atoms with Crippen LogP contribution in [0.2, 0.25) is 0 Å². The lowest BCUT2D eigenvalue weighted by atomic mass is 9.98. The van der Waals surface area contributed by atoms with Crippen molar-refractivity contribution in [2.24, 2.45) is 0 Å². The van der Waals surface area contributed by atoms with Gasteiger partial charge in [0.1, 0.15) is 0 Å². The molecule has 0 unspecified atom stereocenters. The Morgan fingerprint density at radius 3 is 1.16 bits per heavy atom. The van der Waals surface area contributed by atoms with Gasteiger partial charge in [-0.25, -0.2) is 0 Å². The van der Waals surface area contributed by atoms with Gasteiger partial charge in [0.05, 0.1) is 11.0 Å². The molecule has 1 heterocycles. The Hall–Kier alpha value is -7.42. The van der Waals surface area contributed by atoms with Crippen LogP contribution in [0.25, 0.3) is 72.0 Å². The molecule has 56 heavy (non-hydrogen) atoms. The molecule has 264 valence electrons. The Bertz CT molecular complexity index is 2870. The highest BCUT2D eigenvalue weighted by atomic mass is 15.1. The fourth-order valence-corrected chi connectivity index (χ4v) is 8.02. The molecule has 10 rings (SSSR count). The number of benzene rings is 9. The fraction of sp³-hybridized carbons (Fsp3) is 0. The Kier molecular flexibility index (Phi) is 8.55. The number of rotatable bonds is 8. The van der Waals surface area contributed by atoms with Crippen molar-refractivity contribution < 1.29 is 0 Å². The summed E-state index contributed by atoms with van der Waals surface area (Å²) in [5.74, 6) is 0. The monoisotopic (exact) mass is 714 g/mol. The van der Waals surface area contributed by atoms with E-state index in [-0.39, 0.29) is 0 Å². The van der Waals surface area contributed by atoms with Crippen LogP contribution in [0.15, 0.2) is 231 Å². The number of hydrogen-bond acceptors (Lipinski definition) is 1. The van der Waals surface area contributed by atoms with Crippen LogP contribution < -0.4 is 4.90 Å². The Morgan fingerprint density at radius 1 is 0.250 bits per heavy atom. The van der Waals surface area contributed by atoms with Crippen LogP contribution in [0, 0.1) is 0 Å². The third-order valence-corrected chi connectivity index (χ3v) is 10.8. The molecule has 2 nitrogen and oxygen atoms in total. The van der Waals surface area contributed by atoms with E-state index < -0.39 is 0 Å². The second-order valence-electron chi connectivity index (χ2n) is 14.2. The van der Waals surface area contributed by atoms with Gasteiger partial charge in [-0.3, -0.25) is 0 Å². The molecule has 0 aliphatic heterocycles. The van der Waals surface area contributed by atoms with Crippen molar-refractivity contribution in [1.29, 1.82) is 0 Å². The standard InChI is InChI=1S/C54H38N2/c1-3-13-39(14-4-1)41-25-31-47(32-26-41)55(48-33-27-42(28-34-48)45-18-11-17-44(37-45)40-15-5-2-6-16-40)50-20-12-19-46(38-50)43-29-35-49(36-30-43)56-53-23-9-7-21-51(53)52-22-8-10-24-54(52)56/h1-38H. The van der Waals surface area contributed by atoms with Gasteiger partial charge in [-0.15, -0.1) is 0 Å². The number of fused-ring (bicyclic) bond motifs is 3. The molecule has 0 radical (unpaired) electrons. The van der Waals surface area contributed by atoms with Gasteiger partial charge in [0.15, 0.2) is 0 Å². The highest BCUT2D eigenvalue weighted by molar-refractivity contribution is 6.09. The smallest absolute Gasteiger partial charge is 0.0541 e. The molecule has 0 saturated carbocycles. The summed E-state index contributed by atoms with van der Waals surface area (Å²) in [6.07, 6.45) is 0. The molecule has 9 aromatic carbocycles. The van der Waals surface area contributed by atoms with Crippen molar-refractivity contribution in [3.63, 3.8) is 0 Å². The topological polar surface area (TPSA) is 8.17 Å². The maximum atomic E-state index is 2.37. The van der Waals surface area contributed by atoms with E-state index in [4.69, 9.17) is 0 Å². The molecule has 0 amide bonds. The largest absolute Gasteiger partial charge is 0.310 e. The summed E-state index contributed by atoms with van der Waals surface area (Å²) in [4.78, 5) is 2.36. The second kappa shape index (κ2) is 14.4. The Morgan fingerprint density at radius 2 is 0.625 bits per heavy atom. The quantitative estimate of drug-likeness (QED) is 0.152. The number of nitrogens with zero attached hydrogens (tertiary/aromatic N) is 2. The lowest BCUT2D eigenvalue weighted by Crippen LogP contribution is -2.10. The van der Waals surface area contributed by atoms with E-state index in [2.05, 4.69) is 240 Å². The maximum absolute atomic E-state index is 2.37. The zero-order valence-corrected chi connectivity index (χ0v) is 30.8. The molecule has 0 aliphatic carbocycles. The lowest BCUT2D eigenvalue weighted by molar-refractivity contribution is 1.18. The Balaban J connectivity index is 1.02. The van der Waals surface area contributed by atoms with Gasteiger partial charge in [0, 0.05) is 33.5 Å². The van der Waals surface area contributed by atoms with Gasteiger partial charge in [-0.05, 0) is 111 Å². The SMILES string of the molecule is c1ccc(-c2ccc(N(c3ccc(-c4cccc(-c5ccccc5)c4)cc3)c3cccc(-c4ccc(-n5c6ccccc6c6ccccc65)cc4)c3)cc2)cc1. The summed E-state index contributed by atoms with van der Waals surface area (Å²) in [6.45, 7) is 0. The molecule has 0 atom stereocenters. The predicted octanol–water partition coefficient (Wildman–Crippen LogP) is 14.9. The third kappa shape index (κ3) is 6.24. The van der Waals surface area contributed by atoms with Gasteiger partial charge in [-0.1, -0.05) is 164 Å². The van der Waals surface area contributed by atoms with Crippen LogP contribution in [0.3, 0.4) is 0 Å². The minimum Gasteiger partial charge on any atom is -0.310 e. The predicted molar refractivity (Wildman–Crippen MR) is 237 cm³/mol. The number of aromatic nitrogens is 1. The number of hydrogen-bond donors (Lipinski definition) is 0. The zero-order chi connectivity index (χ0) is 37.3. The molecule has 10 aromatic rings. The first-order valence-electron chi connectivity index (χ1n) is 19.2. The van der Waals surface area contributed by atoms with Crippen molar-refractivity contribution in [3.8, 4) is 50.2 Å². The Labute approximate surface area is 327 Å². The van der Waals surface area contributed by atoms with E-state index in [1.54, 1.807) is 0 Å². The summed E-state index contributed by atoms with van der Waals surface area (Å²) in [7, 11) is 0. The van der Waals surface area contributed by atoms with Crippen LogP contribution in [0.4, 0.5) is 17.1 Å². The summed E-state index contributed by atoms with van der Waals surface area (Å²) < 4.78 is 2.37. The average Bonchev–Trinajstić information content (AvgIpc) is 3.62. The third-order valence-electron chi connectivity index (χ3n) is 10.8. The molecule has 0 spiro atoms. The molecule has 1 aromatic heterocycles. The molecule has 0 N–H and O–H groups in total. The maximum Gasteiger partial charge on any atom is 0.0541 e. The van der Waals surface area contributed by atoms with Crippen molar-refractivity contribution in [2.75, 3.05) is 4.90 Å². The van der Waals surface area contributed by atoms with Crippen LogP contribution in [0.1, 0.15) is 0 Å². The lowest BCUT2D eigenvalue weighted by Gasteiger charge is -2.26. The summed E-state index contributed by atoms with van der Waals surface area (Å²) in [5, 5.41) is 2.54. The summed E-state index contributed by atoms with van der Waals surface area (Å²) >= 11 is 0. The number of anilines is 3. The van der Waals surface area contributed by atoms with E-state index in [1.807, 2.05) is 0 Å². The van der Waals surface area contributed by atoms with Gasteiger partial charge in [0.2, 0.25) is 0 Å². The zero-order valence-electron chi connectivity index (χ0n) is 30.8. The average molecular weight is 715 g/mol. The van der Waals surface area contributed by atoms with Gasteiger partial charge < -0.3 is 9.47 Å². The van der Waals surface area contributed by atoms with Gasteiger partial charge in [0.25, 0.3) is 0 Å². The van der Waals surface area contributed by atoms with Crippen molar-refractivity contribution >= 4 is 38.9 Å². The van der Waals surface area contributed by atoms with Gasteiger partial charge >= 0.3 is 0 Å². The van der Waals surface area contributed by atoms with E-state index in [0.29, 0.717) is 0 Å². The first-order chi connectivity index (χ1) is 27.8. The van der Waals surface area contributed by atoms with Crippen LogP contribution in [0.5, 0.6) is 0 Å². The summed E-state index contributed by atoms with van der Waals surface area (Å²) in [5.41, 5.74) is 16.4. The molecular formula is C54H38N2. The normalized spacial score (nSPS) is 11.2. The molecule has 0 saturated heterocycles. The first-order valence-corrected chi connectivity index (χ1v) is 19.2. The van der Waals surface area contributed by atoms with E-state index in [0.717, 1.165) is 28.3 Å². The molecule has 0 aliphatic rings. The van der Waals surface area contributed by atoms with Gasteiger partial charge in [-0.2, -0.15) is 0 Å². The highest BCUT2D eigenvalue weighted by Gasteiger charge is 2.16. The first kappa shape index (κ1) is 33.2. The van der Waals surface area contributed by atoms with E-state index >= 15 is 0 Å². The molecule has 2 heteroatoms. The van der Waals surface area contributed by atoms with Crippen molar-refractivity contribution in [3.05, 3.63) is 231 Å². The molecule has 0 bridgehead atoms. The fourth-order valence-electron chi connectivity index (χ4n) is 8.02. The van der Waals surface area contributed by atoms with Crippen LogP contribution >= 0.6 is 0 Å². The molecular weight excluding hydrogens is 677 g/mol. The summed E-state index contributed by atoms with van der Waals surface area (Å²) in [6, 6.07) is 83.0. The number of para-hydroxylation sites is 2. The second-order valence-corrected chi connectivity index (χ2v) is 14.2. The van der Waals surface area contributed by atoms with Crippen molar-refractivity contribution in [1.82, 2.24) is 4.57 Å². The minimum atomic E-state index is 1.10. The van der Waals surface area contributed by atoms with E-state index in [9.17, 15) is 0 Å². The van der Waals surface area contributed by atoms with E-state index in [1.165, 1.54) is 60.8 Å². The molecule has 0 fully saturated rings. The van der Waals surface area contributed by atoms with Crippen LogP contribution in [-0.4, -0.2) is 4.57 Å². The highest BCUT2D eigenvalue weighted by Crippen LogP contribution is 2.39.